The van der Waals surface area contributed by atoms with E-state index in [2.05, 4.69) is 4.98 Å². The second kappa shape index (κ2) is 12.0. The molecule has 3 aromatic rings. The molecule has 1 aliphatic carbocycles. The maximum absolute atomic E-state index is 14.6. The average molecular weight is 612 g/mol. The Balaban J connectivity index is 1.82. The second-order valence-electron chi connectivity index (χ2n) is 9.90. The van der Waals surface area contributed by atoms with Crippen LogP contribution in [0.25, 0.3) is 0 Å². The predicted molar refractivity (Wildman–Crippen MR) is 153 cm³/mol. The van der Waals surface area contributed by atoms with Crippen molar-refractivity contribution in [1.29, 1.82) is 0 Å². The number of pyridine rings is 1. The Kier molecular flexibility index (Phi) is 8.41. The topological polar surface area (TPSA) is 112 Å². The fourth-order valence-electron chi connectivity index (χ4n) is 5.71. The normalized spacial score (nSPS) is 20.6. The number of aromatic nitrogens is 1. The molecule has 0 unspecified atom stereocenters. The Hall–Kier alpha value is -4.45. The molecule has 0 saturated carbocycles. The third-order valence-electron chi connectivity index (χ3n) is 7.43. The fraction of sp³-hybridized carbons (Fsp3) is 0.290. The van der Waals surface area contributed by atoms with Crippen molar-refractivity contribution in [3.05, 3.63) is 105 Å². The number of allylic oxidation sites excluding steroid dienone is 2. The fourth-order valence-corrected chi connectivity index (χ4v) is 6.57. The second-order valence-corrected chi connectivity index (χ2v) is 10.9. The van der Waals surface area contributed by atoms with E-state index in [0.717, 1.165) is 17.0 Å². The zero-order chi connectivity index (χ0) is 30.9. The summed E-state index contributed by atoms with van der Waals surface area (Å²) in [5.74, 6) is -5.42. The molecule has 2 N–H and O–H groups in total. The van der Waals surface area contributed by atoms with Crippen LogP contribution in [0.1, 0.15) is 48.1 Å². The highest BCUT2D eigenvalue weighted by Crippen LogP contribution is 2.52. The van der Waals surface area contributed by atoms with Crippen molar-refractivity contribution in [1.82, 2.24) is 4.98 Å². The molecule has 43 heavy (non-hydrogen) atoms. The lowest BCUT2D eigenvalue weighted by Crippen LogP contribution is -2.46. The van der Waals surface area contributed by atoms with Crippen molar-refractivity contribution in [3.63, 3.8) is 0 Å². The van der Waals surface area contributed by atoms with Gasteiger partial charge in [0.2, 0.25) is 0 Å². The number of alkyl halides is 3. The molecular weight excluding hydrogens is 583 g/mol. The Morgan fingerprint density at radius 1 is 1.09 bits per heavy atom. The summed E-state index contributed by atoms with van der Waals surface area (Å²) in [4.78, 5) is 47.7. The SMILES string of the molecule is CCOC(=O)C1=C(N)N(c2cccc(C(F)(F)F)c2)C2=C(C(=O)[C@H](C(=O)OCC)[C@H](c3cccs3)C2)[C@@H]1c1cccnc1. The Bertz CT molecular complexity index is 1600. The Labute approximate surface area is 249 Å². The first kappa shape index (κ1) is 30.0. The van der Waals surface area contributed by atoms with Crippen LogP contribution in [0.4, 0.5) is 18.9 Å². The predicted octanol–water partition coefficient (Wildman–Crippen LogP) is 5.69. The lowest BCUT2D eigenvalue weighted by atomic mass is 9.68. The Morgan fingerprint density at radius 2 is 1.86 bits per heavy atom. The van der Waals surface area contributed by atoms with Crippen molar-refractivity contribution >= 4 is 34.7 Å². The van der Waals surface area contributed by atoms with E-state index < -0.39 is 47.2 Å². The minimum absolute atomic E-state index is 0.00132. The molecule has 0 bridgehead atoms. The number of hydrogen-bond donors (Lipinski definition) is 1. The van der Waals surface area contributed by atoms with E-state index in [1.54, 1.807) is 38.1 Å². The molecule has 224 valence electrons. The van der Waals surface area contributed by atoms with Crippen molar-refractivity contribution < 1.29 is 37.0 Å². The quantitative estimate of drug-likeness (QED) is 0.268. The molecule has 3 heterocycles. The van der Waals surface area contributed by atoms with Gasteiger partial charge in [0.25, 0.3) is 0 Å². The minimum atomic E-state index is -4.67. The Morgan fingerprint density at radius 3 is 2.49 bits per heavy atom. The van der Waals surface area contributed by atoms with Crippen molar-refractivity contribution in [2.75, 3.05) is 18.1 Å². The highest BCUT2D eigenvalue weighted by molar-refractivity contribution is 7.10. The summed E-state index contributed by atoms with van der Waals surface area (Å²) in [5, 5.41) is 1.81. The molecule has 2 aromatic heterocycles. The largest absolute Gasteiger partial charge is 0.465 e. The highest BCUT2D eigenvalue weighted by Gasteiger charge is 2.51. The third-order valence-corrected chi connectivity index (χ3v) is 8.44. The van der Waals surface area contributed by atoms with E-state index in [1.165, 1.54) is 40.8 Å². The van der Waals surface area contributed by atoms with Crippen LogP contribution in [-0.4, -0.2) is 35.9 Å². The number of benzene rings is 1. The molecular formula is C31H28F3N3O5S. The highest BCUT2D eigenvalue weighted by atomic mass is 32.1. The zero-order valence-corrected chi connectivity index (χ0v) is 24.1. The summed E-state index contributed by atoms with van der Waals surface area (Å²) in [6, 6.07) is 11.3. The van der Waals surface area contributed by atoms with Gasteiger partial charge in [-0.1, -0.05) is 18.2 Å². The number of halogens is 3. The van der Waals surface area contributed by atoms with Crippen LogP contribution in [0.3, 0.4) is 0 Å². The number of carbonyl (C=O) groups excluding carboxylic acids is 3. The van der Waals surface area contributed by atoms with Gasteiger partial charge in [-0.3, -0.25) is 19.5 Å². The van der Waals surface area contributed by atoms with E-state index in [4.69, 9.17) is 15.2 Å². The van der Waals surface area contributed by atoms with E-state index >= 15 is 0 Å². The lowest BCUT2D eigenvalue weighted by Gasteiger charge is -2.43. The van der Waals surface area contributed by atoms with Crippen LogP contribution in [0, 0.1) is 5.92 Å². The summed E-state index contributed by atoms with van der Waals surface area (Å²) in [5.41, 5.74) is 6.38. The van der Waals surface area contributed by atoms with Crippen LogP contribution >= 0.6 is 11.3 Å². The van der Waals surface area contributed by atoms with Gasteiger partial charge in [-0.15, -0.1) is 11.3 Å². The number of ether oxygens (including phenoxy) is 2. The number of ketones is 1. The van der Waals surface area contributed by atoms with E-state index in [-0.39, 0.29) is 48.0 Å². The molecule has 8 nitrogen and oxygen atoms in total. The number of Topliss-reactive ketones (excluding diaryl/α,β-unsaturated/α-hetero) is 1. The summed E-state index contributed by atoms with van der Waals surface area (Å²) in [6.45, 7) is 3.24. The van der Waals surface area contributed by atoms with Crippen molar-refractivity contribution in [2.24, 2.45) is 11.7 Å². The molecule has 0 saturated heterocycles. The number of nitrogens with two attached hydrogens (primary N) is 1. The van der Waals surface area contributed by atoms with E-state index in [0.29, 0.717) is 5.56 Å². The molecule has 0 spiro atoms. The van der Waals surface area contributed by atoms with Gasteiger partial charge in [0, 0.05) is 40.1 Å². The van der Waals surface area contributed by atoms with Crippen LogP contribution in [-0.2, 0) is 30.0 Å². The van der Waals surface area contributed by atoms with Gasteiger partial charge in [0.05, 0.1) is 30.3 Å². The van der Waals surface area contributed by atoms with Gasteiger partial charge < -0.3 is 15.2 Å². The maximum Gasteiger partial charge on any atom is 0.416 e. The standard InChI is InChI=1S/C31H28F3N3O5S/c1-3-41-29(39)24-20(22-11-7-13-43-22)15-21-25(27(24)38)23(17-8-6-12-36-16-17)26(30(40)42-4-2)28(35)37(21)19-10-5-9-18(14-19)31(32,33)34/h5-14,16,20,23-24H,3-4,15,35H2,1-2H3/t20-,23-,24+/m0/s1. The summed E-state index contributed by atoms with van der Waals surface area (Å²) in [6.07, 6.45) is -1.63. The summed E-state index contributed by atoms with van der Waals surface area (Å²) >= 11 is 1.35. The zero-order valence-electron chi connectivity index (χ0n) is 23.3. The first-order valence-electron chi connectivity index (χ1n) is 13.6. The molecule has 1 aliphatic heterocycles. The smallest absolute Gasteiger partial charge is 0.416 e. The number of anilines is 1. The number of rotatable bonds is 7. The molecule has 12 heteroatoms. The number of esters is 2. The molecule has 0 radical (unpaired) electrons. The average Bonchev–Trinajstić information content (AvgIpc) is 3.52. The van der Waals surface area contributed by atoms with Gasteiger partial charge in [-0.05, 0) is 61.5 Å². The van der Waals surface area contributed by atoms with Crippen LogP contribution in [0.2, 0.25) is 0 Å². The number of hydrogen-bond acceptors (Lipinski definition) is 9. The number of nitrogens with zero attached hydrogens (tertiary/aromatic N) is 2. The molecule has 5 rings (SSSR count). The maximum atomic E-state index is 14.6. The number of thiophene rings is 1. The van der Waals surface area contributed by atoms with Crippen molar-refractivity contribution in [2.45, 2.75) is 38.3 Å². The van der Waals surface area contributed by atoms with Crippen LogP contribution in [0.15, 0.2) is 89.0 Å². The molecule has 3 atom stereocenters. The van der Waals surface area contributed by atoms with Gasteiger partial charge in [0.15, 0.2) is 5.78 Å². The molecule has 0 fully saturated rings. The van der Waals surface area contributed by atoms with Crippen molar-refractivity contribution in [3.8, 4) is 0 Å². The lowest BCUT2D eigenvalue weighted by molar-refractivity contribution is -0.152. The number of carbonyl (C=O) groups is 3. The molecule has 2 aliphatic rings. The first-order chi connectivity index (χ1) is 20.6. The first-order valence-corrected chi connectivity index (χ1v) is 14.5. The van der Waals surface area contributed by atoms with Gasteiger partial charge in [0.1, 0.15) is 11.7 Å². The van der Waals surface area contributed by atoms with Gasteiger partial charge in [-0.25, -0.2) is 4.79 Å². The summed E-state index contributed by atoms with van der Waals surface area (Å²) in [7, 11) is 0. The van der Waals surface area contributed by atoms with Gasteiger partial charge >= 0.3 is 18.1 Å². The van der Waals surface area contributed by atoms with E-state index in [1.807, 2.05) is 5.38 Å². The third kappa shape index (κ3) is 5.54. The molecule has 0 amide bonds. The van der Waals surface area contributed by atoms with E-state index in [9.17, 15) is 27.6 Å². The van der Waals surface area contributed by atoms with Crippen LogP contribution in [0.5, 0.6) is 0 Å². The van der Waals surface area contributed by atoms with Gasteiger partial charge in [-0.2, -0.15) is 13.2 Å². The minimum Gasteiger partial charge on any atom is -0.465 e. The van der Waals surface area contributed by atoms with Crippen LogP contribution < -0.4 is 10.6 Å². The summed E-state index contributed by atoms with van der Waals surface area (Å²) < 4.78 is 52.1. The molecule has 1 aromatic carbocycles. The monoisotopic (exact) mass is 611 g/mol.